The van der Waals surface area contributed by atoms with Crippen molar-refractivity contribution in [2.45, 2.75) is 25.3 Å². The molecule has 1 unspecified atom stereocenters. The van der Waals surface area contributed by atoms with Crippen LogP contribution in [0.15, 0.2) is 24.3 Å². The van der Waals surface area contributed by atoms with E-state index in [4.69, 9.17) is 9.47 Å². The number of rotatable bonds is 6. The van der Waals surface area contributed by atoms with Crippen molar-refractivity contribution < 1.29 is 9.47 Å². The van der Waals surface area contributed by atoms with Gasteiger partial charge in [0.05, 0.1) is 6.61 Å². The molecule has 0 saturated carbocycles. The number of benzene rings is 1. The van der Waals surface area contributed by atoms with Gasteiger partial charge in [0.2, 0.25) is 0 Å². The summed E-state index contributed by atoms with van der Waals surface area (Å²) in [5, 5.41) is 3.63. The lowest BCUT2D eigenvalue weighted by atomic mass is 10.1. The van der Waals surface area contributed by atoms with Gasteiger partial charge in [0.1, 0.15) is 12.4 Å². The Morgan fingerprint density at radius 3 is 3.00 bits per heavy atom. The molecular weight excluding hydrogens is 252 g/mol. The normalized spacial score (nSPS) is 20.4. The van der Waals surface area contributed by atoms with Crippen LogP contribution in [-0.2, 0) is 4.74 Å². The highest BCUT2D eigenvalue weighted by atomic mass is 16.5. The summed E-state index contributed by atoms with van der Waals surface area (Å²) in [5.41, 5.74) is 1.15. The van der Waals surface area contributed by atoms with Crippen LogP contribution in [0, 0.1) is 0 Å². The maximum absolute atomic E-state index is 5.64. The van der Waals surface area contributed by atoms with Gasteiger partial charge in [0.25, 0.3) is 0 Å². The molecule has 1 aliphatic rings. The molecule has 0 bridgehead atoms. The highest BCUT2D eigenvalue weighted by Crippen LogP contribution is 2.21. The summed E-state index contributed by atoms with van der Waals surface area (Å²) in [4.78, 5) is 2.41. The van der Waals surface area contributed by atoms with Crippen molar-refractivity contribution in [3.8, 4) is 5.75 Å². The molecule has 0 aliphatic carbocycles. The molecule has 1 atom stereocenters. The van der Waals surface area contributed by atoms with E-state index in [1.54, 1.807) is 7.11 Å². The zero-order chi connectivity index (χ0) is 14.2. The Morgan fingerprint density at radius 1 is 1.25 bits per heavy atom. The molecule has 2 rings (SSSR count). The maximum Gasteiger partial charge on any atom is 0.121 e. The first kappa shape index (κ1) is 15.1. The summed E-state index contributed by atoms with van der Waals surface area (Å²) in [7, 11) is 3.89. The monoisotopic (exact) mass is 278 g/mol. The van der Waals surface area contributed by atoms with E-state index in [1.165, 1.54) is 32.4 Å². The quantitative estimate of drug-likeness (QED) is 0.811. The maximum atomic E-state index is 5.64. The van der Waals surface area contributed by atoms with Crippen LogP contribution < -0.4 is 10.1 Å². The molecule has 0 spiro atoms. The Labute approximate surface area is 122 Å². The van der Waals surface area contributed by atoms with Crippen LogP contribution in [0.2, 0.25) is 0 Å². The Kier molecular flexibility index (Phi) is 6.15. The molecule has 0 aromatic heterocycles. The van der Waals surface area contributed by atoms with Crippen molar-refractivity contribution in [2.75, 3.05) is 45.8 Å². The highest BCUT2D eigenvalue weighted by molar-refractivity contribution is 5.48. The van der Waals surface area contributed by atoms with Crippen LogP contribution >= 0.6 is 0 Å². The Balaban J connectivity index is 1.86. The van der Waals surface area contributed by atoms with Gasteiger partial charge in [-0.3, -0.25) is 0 Å². The van der Waals surface area contributed by atoms with E-state index in [9.17, 15) is 0 Å². The average Bonchev–Trinajstić information content (AvgIpc) is 2.65. The molecule has 0 amide bonds. The second-order valence-corrected chi connectivity index (χ2v) is 5.44. The first-order valence-corrected chi connectivity index (χ1v) is 7.45. The topological polar surface area (TPSA) is 33.7 Å². The lowest BCUT2D eigenvalue weighted by Gasteiger charge is -2.18. The molecule has 4 nitrogen and oxygen atoms in total. The van der Waals surface area contributed by atoms with Crippen molar-refractivity contribution in [3.63, 3.8) is 0 Å². The molecule has 112 valence electrons. The van der Waals surface area contributed by atoms with E-state index in [0.29, 0.717) is 19.3 Å². The predicted octanol–water partition coefficient (Wildman–Crippen LogP) is 2.61. The summed E-state index contributed by atoms with van der Waals surface area (Å²) in [6.07, 6.45) is 3.70. The van der Waals surface area contributed by atoms with Crippen molar-refractivity contribution in [1.29, 1.82) is 0 Å². The van der Waals surface area contributed by atoms with Crippen molar-refractivity contribution in [2.24, 2.45) is 0 Å². The fraction of sp³-hybridized carbons (Fsp3) is 0.625. The zero-order valence-corrected chi connectivity index (χ0v) is 12.6. The van der Waals surface area contributed by atoms with Gasteiger partial charge in [-0.05, 0) is 51.5 Å². The number of hydrogen-bond acceptors (Lipinski definition) is 4. The van der Waals surface area contributed by atoms with E-state index in [1.807, 2.05) is 12.1 Å². The Morgan fingerprint density at radius 2 is 2.15 bits per heavy atom. The van der Waals surface area contributed by atoms with Gasteiger partial charge >= 0.3 is 0 Å². The summed E-state index contributed by atoms with van der Waals surface area (Å²) >= 11 is 0. The average molecular weight is 278 g/mol. The van der Waals surface area contributed by atoms with Crippen LogP contribution in [0.5, 0.6) is 5.75 Å². The van der Waals surface area contributed by atoms with Gasteiger partial charge in [-0.25, -0.2) is 0 Å². The molecule has 1 heterocycles. The number of hydrogen-bond donors (Lipinski definition) is 1. The van der Waals surface area contributed by atoms with Crippen LogP contribution in [0.1, 0.15) is 19.3 Å². The third kappa shape index (κ3) is 5.02. The minimum absolute atomic E-state index is 0.564. The number of anilines is 1. The van der Waals surface area contributed by atoms with E-state index < -0.39 is 0 Å². The first-order chi connectivity index (χ1) is 9.78. The highest BCUT2D eigenvalue weighted by Gasteiger charge is 2.14. The number of nitrogens with one attached hydrogen (secondary N) is 1. The third-order valence-corrected chi connectivity index (χ3v) is 3.71. The molecule has 1 N–H and O–H groups in total. The first-order valence-electron chi connectivity index (χ1n) is 7.45. The fourth-order valence-electron chi connectivity index (χ4n) is 2.54. The van der Waals surface area contributed by atoms with E-state index in [0.717, 1.165) is 11.4 Å². The van der Waals surface area contributed by atoms with E-state index >= 15 is 0 Å². The predicted molar refractivity (Wildman–Crippen MR) is 82.6 cm³/mol. The minimum atomic E-state index is 0.564. The van der Waals surface area contributed by atoms with Gasteiger partial charge in [0.15, 0.2) is 0 Å². The summed E-state index contributed by atoms with van der Waals surface area (Å²) in [5.74, 6) is 0.901. The Hall–Kier alpha value is -1.26. The van der Waals surface area contributed by atoms with Gasteiger partial charge < -0.3 is 19.7 Å². The molecule has 1 aromatic carbocycles. The molecule has 1 fully saturated rings. The van der Waals surface area contributed by atoms with Gasteiger partial charge in [-0.15, -0.1) is 0 Å². The van der Waals surface area contributed by atoms with Crippen molar-refractivity contribution in [1.82, 2.24) is 4.90 Å². The van der Waals surface area contributed by atoms with Crippen molar-refractivity contribution in [3.05, 3.63) is 24.3 Å². The van der Waals surface area contributed by atoms with Crippen LogP contribution in [0.4, 0.5) is 5.69 Å². The minimum Gasteiger partial charge on any atom is -0.491 e. The molecular formula is C16H26N2O2. The molecule has 4 heteroatoms. The fourth-order valence-corrected chi connectivity index (χ4v) is 2.54. The third-order valence-electron chi connectivity index (χ3n) is 3.71. The SMILES string of the molecule is COCCOc1cccc(NC2CCCN(C)CC2)c1. The summed E-state index contributed by atoms with van der Waals surface area (Å²) in [6.45, 7) is 3.58. The molecule has 1 saturated heterocycles. The number of ether oxygens (including phenoxy) is 2. The second kappa shape index (κ2) is 8.12. The summed E-state index contributed by atoms with van der Waals surface area (Å²) in [6, 6.07) is 8.77. The van der Waals surface area contributed by atoms with Gasteiger partial charge in [-0.1, -0.05) is 6.07 Å². The second-order valence-electron chi connectivity index (χ2n) is 5.44. The van der Waals surface area contributed by atoms with Crippen LogP contribution in [0.3, 0.4) is 0 Å². The van der Waals surface area contributed by atoms with Crippen LogP contribution in [0.25, 0.3) is 0 Å². The lowest BCUT2D eigenvalue weighted by molar-refractivity contribution is 0.146. The van der Waals surface area contributed by atoms with Gasteiger partial charge in [-0.2, -0.15) is 0 Å². The smallest absolute Gasteiger partial charge is 0.121 e. The van der Waals surface area contributed by atoms with Gasteiger partial charge in [0, 0.05) is 24.9 Å². The molecule has 20 heavy (non-hydrogen) atoms. The number of methoxy groups -OCH3 is 1. The standard InChI is InChI=1S/C16H26N2O2/c1-18-9-4-6-14(8-10-18)17-15-5-3-7-16(13-15)20-12-11-19-2/h3,5,7,13-14,17H,4,6,8-12H2,1-2H3. The molecule has 1 aromatic rings. The Bertz CT molecular complexity index is 398. The van der Waals surface area contributed by atoms with Crippen LogP contribution in [-0.4, -0.2) is 51.4 Å². The molecule has 0 radical (unpaired) electrons. The van der Waals surface area contributed by atoms with E-state index in [2.05, 4.69) is 29.4 Å². The number of nitrogens with zero attached hydrogens (tertiary/aromatic N) is 1. The van der Waals surface area contributed by atoms with E-state index in [-0.39, 0.29) is 0 Å². The zero-order valence-electron chi connectivity index (χ0n) is 12.6. The molecule has 1 aliphatic heterocycles. The number of likely N-dealkylation sites (tertiary alicyclic amines) is 1. The largest absolute Gasteiger partial charge is 0.491 e. The summed E-state index contributed by atoms with van der Waals surface area (Å²) < 4.78 is 10.6. The lowest BCUT2D eigenvalue weighted by Crippen LogP contribution is -2.22. The van der Waals surface area contributed by atoms with Crippen molar-refractivity contribution >= 4 is 5.69 Å².